The molecule has 0 saturated heterocycles. The van der Waals surface area contributed by atoms with Crippen LogP contribution in [0.15, 0.2) is 0 Å². The van der Waals surface area contributed by atoms with Crippen molar-refractivity contribution in [2.45, 2.75) is 46.0 Å². The maximum absolute atomic E-state index is 11.3. The van der Waals surface area contributed by atoms with Crippen molar-refractivity contribution in [1.29, 1.82) is 0 Å². The Morgan fingerprint density at radius 3 is 2.50 bits per heavy atom. The summed E-state index contributed by atoms with van der Waals surface area (Å²) in [5, 5.41) is 23.0. The molecule has 0 amide bonds. The largest absolute Gasteiger partial charge is 0.481 e. The fraction of sp³-hybridized carbons (Fsp3) is 0.692. The molecule has 2 aromatic heterocycles. The average Bonchev–Trinajstić information content (AvgIpc) is 2.62. The quantitative estimate of drug-likeness (QED) is 0.919. The van der Waals surface area contributed by atoms with E-state index in [0.717, 1.165) is 15.8 Å². The van der Waals surface area contributed by atoms with Gasteiger partial charge in [-0.05, 0) is 5.41 Å². The minimum Gasteiger partial charge on any atom is -0.481 e. The fourth-order valence-electron chi connectivity index (χ4n) is 2.78. The number of carboxylic acids is 1. The molecule has 0 spiro atoms. The van der Waals surface area contributed by atoms with Gasteiger partial charge in [0, 0.05) is 11.3 Å². The summed E-state index contributed by atoms with van der Waals surface area (Å²) in [6, 6.07) is 0. The monoisotopic (exact) mass is 294 g/mol. The summed E-state index contributed by atoms with van der Waals surface area (Å²) >= 11 is 1.44. The third-order valence-corrected chi connectivity index (χ3v) is 5.02. The lowest BCUT2D eigenvalue weighted by molar-refractivity contribution is -0.139. The molecule has 108 valence electrons. The first kappa shape index (κ1) is 13.5. The Morgan fingerprint density at radius 1 is 1.35 bits per heavy atom. The fourth-order valence-corrected chi connectivity index (χ4v) is 3.96. The summed E-state index contributed by atoms with van der Waals surface area (Å²) in [4.78, 5) is 12.0. The van der Waals surface area contributed by atoms with Gasteiger partial charge in [0.2, 0.25) is 4.96 Å². The molecule has 6 nitrogen and oxygen atoms in total. The number of carboxylic acid groups (broad SMARTS) is 1. The van der Waals surface area contributed by atoms with E-state index >= 15 is 0 Å². The minimum atomic E-state index is -0.748. The highest BCUT2D eigenvalue weighted by Gasteiger charge is 2.64. The van der Waals surface area contributed by atoms with Crippen LogP contribution in [0.5, 0.6) is 0 Å². The first-order chi connectivity index (χ1) is 9.14. The van der Waals surface area contributed by atoms with Gasteiger partial charge >= 0.3 is 5.97 Å². The van der Waals surface area contributed by atoms with E-state index in [1.807, 2.05) is 13.8 Å². The van der Waals surface area contributed by atoms with Crippen molar-refractivity contribution in [3.05, 3.63) is 10.8 Å². The summed E-state index contributed by atoms with van der Waals surface area (Å²) in [5.41, 5.74) is -0.382. The highest BCUT2D eigenvalue weighted by molar-refractivity contribution is 7.16. The van der Waals surface area contributed by atoms with E-state index in [0.29, 0.717) is 0 Å². The maximum atomic E-state index is 11.3. The number of aliphatic carboxylic acids is 1. The molecular formula is C13H18N4O2S. The lowest BCUT2D eigenvalue weighted by atomic mass is 9.96. The molecule has 2 aromatic rings. The van der Waals surface area contributed by atoms with E-state index in [1.165, 1.54) is 11.3 Å². The summed E-state index contributed by atoms with van der Waals surface area (Å²) < 4.78 is 1.76. The average molecular weight is 294 g/mol. The van der Waals surface area contributed by atoms with Crippen molar-refractivity contribution in [3.63, 3.8) is 0 Å². The highest BCUT2D eigenvalue weighted by atomic mass is 32.1. The van der Waals surface area contributed by atoms with Gasteiger partial charge in [0.15, 0.2) is 5.82 Å². The van der Waals surface area contributed by atoms with Crippen LogP contribution in [0.25, 0.3) is 4.96 Å². The van der Waals surface area contributed by atoms with Gasteiger partial charge in [0.25, 0.3) is 0 Å². The molecule has 0 aliphatic heterocycles. The van der Waals surface area contributed by atoms with E-state index in [-0.39, 0.29) is 22.7 Å². The second-order valence-corrected chi connectivity index (χ2v) is 8.01. The van der Waals surface area contributed by atoms with Gasteiger partial charge in [-0.3, -0.25) is 4.79 Å². The van der Waals surface area contributed by atoms with E-state index in [2.05, 4.69) is 36.1 Å². The van der Waals surface area contributed by atoms with E-state index in [1.54, 1.807) is 4.52 Å². The number of hydrogen-bond acceptors (Lipinski definition) is 5. The van der Waals surface area contributed by atoms with Crippen LogP contribution in [-0.4, -0.2) is 30.9 Å². The second kappa shape index (κ2) is 3.78. The number of fused-ring (bicyclic) bond motifs is 1. The zero-order valence-corrected chi connectivity index (χ0v) is 13.0. The van der Waals surface area contributed by atoms with Crippen LogP contribution in [0.4, 0.5) is 0 Å². The predicted molar refractivity (Wildman–Crippen MR) is 75.0 cm³/mol. The van der Waals surface area contributed by atoms with Gasteiger partial charge < -0.3 is 5.11 Å². The number of rotatable bonds is 2. The third-order valence-electron chi connectivity index (χ3n) is 4.04. The first-order valence-electron chi connectivity index (χ1n) is 6.59. The van der Waals surface area contributed by atoms with Crippen LogP contribution in [0.2, 0.25) is 0 Å². The molecule has 1 fully saturated rings. The van der Waals surface area contributed by atoms with Crippen molar-refractivity contribution >= 4 is 22.3 Å². The Hall–Kier alpha value is -1.50. The summed E-state index contributed by atoms with van der Waals surface area (Å²) in [5.74, 6) is -0.328. The van der Waals surface area contributed by atoms with Gasteiger partial charge in [0.05, 0.1) is 5.92 Å². The van der Waals surface area contributed by atoms with Crippen molar-refractivity contribution in [3.8, 4) is 0 Å². The molecule has 1 aliphatic carbocycles. The molecule has 1 saturated carbocycles. The van der Waals surface area contributed by atoms with Gasteiger partial charge in [-0.2, -0.15) is 9.61 Å². The van der Waals surface area contributed by atoms with Crippen molar-refractivity contribution in [2.75, 3.05) is 0 Å². The third kappa shape index (κ3) is 1.76. The Kier molecular flexibility index (Phi) is 2.55. The minimum absolute atomic E-state index is 0.0282. The van der Waals surface area contributed by atoms with Crippen LogP contribution >= 0.6 is 11.3 Å². The van der Waals surface area contributed by atoms with Crippen molar-refractivity contribution < 1.29 is 9.90 Å². The van der Waals surface area contributed by atoms with Crippen molar-refractivity contribution in [2.24, 2.45) is 11.3 Å². The SMILES string of the molecule is CC(C)(C)c1nnc2sc(C3C(C(=O)O)C3(C)C)nn12. The molecule has 0 aromatic carbocycles. The molecule has 2 atom stereocenters. The van der Waals surface area contributed by atoms with Gasteiger partial charge in [-0.1, -0.05) is 46.0 Å². The van der Waals surface area contributed by atoms with Crippen LogP contribution in [0.1, 0.15) is 51.4 Å². The predicted octanol–water partition coefficient (Wildman–Crippen LogP) is 2.31. The summed E-state index contributed by atoms with van der Waals surface area (Å²) in [6.45, 7) is 10.1. The highest BCUT2D eigenvalue weighted by Crippen LogP contribution is 2.64. The Morgan fingerprint density at radius 2 is 2.00 bits per heavy atom. The zero-order valence-electron chi connectivity index (χ0n) is 12.2. The second-order valence-electron chi connectivity index (χ2n) is 7.02. The van der Waals surface area contributed by atoms with Crippen LogP contribution in [-0.2, 0) is 10.2 Å². The van der Waals surface area contributed by atoms with Crippen molar-refractivity contribution in [1.82, 2.24) is 19.8 Å². The maximum Gasteiger partial charge on any atom is 0.307 e. The lowest BCUT2D eigenvalue weighted by Crippen LogP contribution is -2.16. The molecule has 1 N–H and O–H groups in total. The Bertz CT molecular complexity index is 695. The molecule has 1 aliphatic rings. The summed E-state index contributed by atoms with van der Waals surface area (Å²) in [7, 11) is 0. The molecule has 2 unspecified atom stereocenters. The van der Waals surface area contributed by atoms with E-state index in [9.17, 15) is 9.90 Å². The molecule has 0 radical (unpaired) electrons. The van der Waals surface area contributed by atoms with Crippen LogP contribution in [0.3, 0.4) is 0 Å². The number of carbonyl (C=O) groups is 1. The van der Waals surface area contributed by atoms with E-state index < -0.39 is 5.97 Å². The number of aromatic nitrogens is 4. The summed E-state index contributed by atoms with van der Waals surface area (Å²) in [6.07, 6.45) is 0. The first-order valence-corrected chi connectivity index (χ1v) is 7.41. The van der Waals surface area contributed by atoms with Gasteiger partial charge in [-0.25, -0.2) is 0 Å². The van der Waals surface area contributed by atoms with E-state index in [4.69, 9.17) is 0 Å². The zero-order chi connectivity index (χ0) is 14.9. The number of hydrogen-bond donors (Lipinski definition) is 1. The smallest absolute Gasteiger partial charge is 0.307 e. The Balaban J connectivity index is 2.04. The molecule has 3 rings (SSSR count). The molecule has 2 heterocycles. The Labute approximate surface area is 120 Å². The normalized spacial score (nSPS) is 25.1. The molecule has 20 heavy (non-hydrogen) atoms. The van der Waals surface area contributed by atoms with Crippen LogP contribution < -0.4 is 0 Å². The van der Waals surface area contributed by atoms with Crippen LogP contribution in [0, 0.1) is 11.3 Å². The molecular weight excluding hydrogens is 276 g/mol. The molecule has 0 bridgehead atoms. The standard InChI is InChI=1S/C13H18N4O2S/c1-12(2,3)10-14-15-11-17(10)16-8(20-11)6-7(9(18)19)13(6,4)5/h6-7H,1-5H3,(H,18,19). The van der Waals surface area contributed by atoms with Gasteiger partial charge in [0.1, 0.15) is 5.01 Å². The lowest BCUT2D eigenvalue weighted by Gasteiger charge is -2.13. The van der Waals surface area contributed by atoms with Gasteiger partial charge in [-0.15, -0.1) is 10.2 Å². The topological polar surface area (TPSA) is 80.4 Å². The number of nitrogens with zero attached hydrogens (tertiary/aromatic N) is 4. The molecule has 7 heteroatoms.